The van der Waals surface area contributed by atoms with Gasteiger partial charge < -0.3 is 5.11 Å². The van der Waals surface area contributed by atoms with Crippen LogP contribution < -0.4 is 11.3 Å². The van der Waals surface area contributed by atoms with E-state index in [0.29, 0.717) is 12.2 Å². The fourth-order valence-corrected chi connectivity index (χ4v) is 2.00. The molecule has 4 N–H and O–H groups in total. The average Bonchev–Trinajstić information content (AvgIpc) is 2.52. The van der Waals surface area contributed by atoms with Crippen LogP contribution in [0.3, 0.4) is 0 Å². The zero-order valence-corrected chi connectivity index (χ0v) is 13.9. The summed E-state index contributed by atoms with van der Waals surface area (Å²) in [5, 5.41) is 9.56. The molecule has 0 radical (unpaired) electrons. The highest BCUT2D eigenvalue weighted by Crippen LogP contribution is 2.07. The van der Waals surface area contributed by atoms with Crippen molar-refractivity contribution in [3.05, 3.63) is 36.1 Å². The van der Waals surface area contributed by atoms with Crippen molar-refractivity contribution in [2.75, 3.05) is 0 Å². The standard InChI is InChI=1S/C18H32N2O2/c1-2-3-11-14-17(21)15-12-9-7-5-4-6-8-10-13-16-18(22)20-19/h7,9,12,14-15,21H,2-6,8,10-11,13,16,19H2,1H3,(H,20,22)/b9-7+,15-12-,17-14+. The molecule has 0 spiro atoms. The van der Waals surface area contributed by atoms with E-state index in [1.165, 1.54) is 6.42 Å². The van der Waals surface area contributed by atoms with Gasteiger partial charge in [0.2, 0.25) is 5.91 Å². The average molecular weight is 308 g/mol. The molecule has 0 aliphatic carbocycles. The van der Waals surface area contributed by atoms with E-state index in [4.69, 9.17) is 5.84 Å². The minimum atomic E-state index is -0.0817. The number of rotatable bonds is 13. The Bertz CT molecular complexity index is 360. The second kappa shape index (κ2) is 15.8. The van der Waals surface area contributed by atoms with Crippen LogP contribution >= 0.6 is 0 Å². The van der Waals surface area contributed by atoms with Crippen molar-refractivity contribution in [3.8, 4) is 0 Å². The van der Waals surface area contributed by atoms with E-state index < -0.39 is 0 Å². The number of hydrazine groups is 1. The number of nitrogens with one attached hydrogen (secondary N) is 1. The van der Waals surface area contributed by atoms with Gasteiger partial charge in [-0.3, -0.25) is 10.2 Å². The van der Waals surface area contributed by atoms with Crippen molar-refractivity contribution in [3.63, 3.8) is 0 Å². The van der Waals surface area contributed by atoms with Gasteiger partial charge in [0.05, 0.1) is 0 Å². The Kier molecular flexibility index (Phi) is 14.7. The maximum Gasteiger partial charge on any atom is 0.233 e. The summed E-state index contributed by atoms with van der Waals surface area (Å²) >= 11 is 0. The van der Waals surface area contributed by atoms with E-state index in [-0.39, 0.29) is 5.91 Å². The first-order valence-corrected chi connectivity index (χ1v) is 8.42. The number of unbranched alkanes of at least 4 members (excludes halogenated alkanes) is 7. The molecule has 0 aromatic carbocycles. The third kappa shape index (κ3) is 14.9. The molecule has 0 aromatic rings. The molecule has 0 fully saturated rings. The highest BCUT2D eigenvalue weighted by atomic mass is 16.3. The lowest BCUT2D eigenvalue weighted by atomic mass is 10.1. The molecule has 1 amide bonds. The van der Waals surface area contributed by atoms with Crippen LogP contribution in [0.1, 0.15) is 71.1 Å². The summed E-state index contributed by atoms with van der Waals surface area (Å²) in [4.78, 5) is 10.9. The molecule has 0 aliphatic heterocycles. The van der Waals surface area contributed by atoms with Crippen molar-refractivity contribution in [2.24, 2.45) is 5.84 Å². The number of hydrogen-bond donors (Lipinski definition) is 3. The molecule has 0 rings (SSSR count). The number of aliphatic hydroxyl groups excluding tert-OH is 1. The second-order valence-corrected chi connectivity index (χ2v) is 5.43. The smallest absolute Gasteiger partial charge is 0.233 e. The van der Waals surface area contributed by atoms with Crippen LogP contribution in [-0.4, -0.2) is 11.0 Å². The fraction of sp³-hybridized carbons (Fsp3) is 0.611. The topological polar surface area (TPSA) is 75.3 Å². The van der Waals surface area contributed by atoms with Gasteiger partial charge in [0.25, 0.3) is 0 Å². The molecule has 0 atom stereocenters. The summed E-state index contributed by atoms with van der Waals surface area (Å²) in [5.41, 5.74) is 2.14. The molecule has 0 unspecified atom stereocenters. The number of nitrogens with two attached hydrogens (primary N) is 1. The molecule has 0 aliphatic rings. The summed E-state index contributed by atoms with van der Waals surface area (Å²) in [5.74, 6) is 5.27. The third-order valence-corrected chi connectivity index (χ3v) is 3.36. The lowest BCUT2D eigenvalue weighted by Crippen LogP contribution is -2.29. The molecule has 0 saturated carbocycles. The molecule has 0 saturated heterocycles. The van der Waals surface area contributed by atoms with Crippen LogP contribution in [0.5, 0.6) is 0 Å². The number of carbonyl (C=O) groups is 1. The van der Waals surface area contributed by atoms with Crippen LogP contribution in [0.4, 0.5) is 0 Å². The normalized spacial score (nSPS) is 12.4. The van der Waals surface area contributed by atoms with Gasteiger partial charge in [-0.1, -0.05) is 50.8 Å². The third-order valence-electron chi connectivity index (χ3n) is 3.36. The maximum atomic E-state index is 10.9. The number of amides is 1. The SMILES string of the molecule is CCCC\C=C(O)/C=C\C=C\CCCCCCCC(=O)NN. The van der Waals surface area contributed by atoms with Gasteiger partial charge in [0.1, 0.15) is 5.76 Å². The number of hydrogen-bond acceptors (Lipinski definition) is 3. The first-order valence-electron chi connectivity index (χ1n) is 8.42. The largest absolute Gasteiger partial charge is 0.508 e. The Morgan fingerprint density at radius 3 is 2.50 bits per heavy atom. The quantitative estimate of drug-likeness (QED) is 0.117. The van der Waals surface area contributed by atoms with Crippen LogP contribution in [0, 0.1) is 0 Å². The van der Waals surface area contributed by atoms with E-state index >= 15 is 0 Å². The summed E-state index contributed by atoms with van der Waals surface area (Å²) in [7, 11) is 0. The Labute approximate surface area is 135 Å². The molecular formula is C18H32N2O2. The lowest BCUT2D eigenvalue weighted by molar-refractivity contribution is -0.121. The van der Waals surface area contributed by atoms with E-state index in [2.05, 4.69) is 18.4 Å². The van der Waals surface area contributed by atoms with E-state index in [9.17, 15) is 9.90 Å². The molecule has 4 nitrogen and oxygen atoms in total. The highest BCUT2D eigenvalue weighted by molar-refractivity contribution is 5.74. The molecule has 0 bridgehead atoms. The highest BCUT2D eigenvalue weighted by Gasteiger charge is 1.97. The van der Waals surface area contributed by atoms with Crippen molar-refractivity contribution >= 4 is 5.91 Å². The van der Waals surface area contributed by atoms with E-state index in [1.807, 2.05) is 18.2 Å². The molecule has 4 heteroatoms. The predicted molar refractivity (Wildman–Crippen MR) is 93.2 cm³/mol. The molecule has 126 valence electrons. The Morgan fingerprint density at radius 1 is 1.05 bits per heavy atom. The van der Waals surface area contributed by atoms with Crippen molar-refractivity contribution in [1.29, 1.82) is 0 Å². The van der Waals surface area contributed by atoms with Crippen molar-refractivity contribution in [1.82, 2.24) is 5.43 Å². The second-order valence-electron chi connectivity index (χ2n) is 5.43. The van der Waals surface area contributed by atoms with Gasteiger partial charge in [-0.05, 0) is 44.3 Å². The zero-order chi connectivity index (χ0) is 16.5. The lowest BCUT2D eigenvalue weighted by Gasteiger charge is -2.00. The van der Waals surface area contributed by atoms with Crippen molar-refractivity contribution < 1.29 is 9.90 Å². The Morgan fingerprint density at radius 2 is 1.77 bits per heavy atom. The minimum Gasteiger partial charge on any atom is -0.508 e. The first kappa shape index (κ1) is 20.5. The first-order chi connectivity index (χ1) is 10.7. The summed E-state index contributed by atoms with van der Waals surface area (Å²) < 4.78 is 0. The van der Waals surface area contributed by atoms with Gasteiger partial charge in [-0.25, -0.2) is 5.84 Å². The van der Waals surface area contributed by atoms with E-state index in [1.54, 1.807) is 6.08 Å². The van der Waals surface area contributed by atoms with Gasteiger partial charge in [0.15, 0.2) is 0 Å². The predicted octanol–water partition coefficient (Wildman–Crippen LogP) is 4.45. The monoisotopic (exact) mass is 308 g/mol. The minimum absolute atomic E-state index is 0.0817. The molecule has 22 heavy (non-hydrogen) atoms. The molecule has 0 aromatic heterocycles. The van der Waals surface area contributed by atoms with E-state index in [0.717, 1.165) is 51.4 Å². The van der Waals surface area contributed by atoms with Gasteiger partial charge in [-0.2, -0.15) is 0 Å². The van der Waals surface area contributed by atoms with Crippen LogP contribution in [0.25, 0.3) is 0 Å². The zero-order valence-electron chi connectivity index (χ0n) is 13.9. The van der Waals surface area contributed by atoms with Gasteiger partial charge in [0, 0.05) is 6.42 Å². The summed E-state index contributed by atoms with van der Waals surface area (Å²) in [6.07, 6.45) is 19.8. The Balaban J connectivity index is 3.47. The molecular weight excluding hydrogens is 276 g/mol. The summed E-state index contributed by atoms with van der Waals surface area (Å²) in [6.45, 7) is 2.14. The van der Waals surface area contributed by atoms with Crippen LogP contribution in [0.15, 0.2) is 36.1 Å². The molecule has 0 heterocycles. The Hall–Kier alpha value is -1.55. The van der Waals surface area contributed by atoms with Gasteiger partial charge in [-0.15, -0.1) is 0 Å². The number of aliphatic hydroxyl groups is 1. The maximum absolute atomic E-state index is 10.9. The fourth-order valence-electron chi connectivity index (χ4n) is 2.00. The number of carbonyl (C=O) groups excluding carboxylic acids is 1. The summed E-state index contributed by atoms with van der Waals surface area (Å²) in [6, 6.07) is 0. The van der Waals surface area contributed by atoms with Gasteiger partial charge >= 0.3 is 0 Å². The number of allylic oxidation sites excluding steroid dienone is 5. The van der Waals surface area contributed by atoms with Crippen LogP contribution in [-0.2, 0) is 4.79 Å². The van der Waals surface area contributed by atoms with Crippen LogP contribution in [0.2, 0.25) is 0 Å². The van der Waals surface area contributed by atoms with Crippen molar-refractivity contribution in [2.45, 2.75) is 71.1 Å².